The molecule has 1 amide bonds. The van der Waals surface area contributed by atoms with Gasteiger partial charge in [-0.25, -0.2) is 0 Å². The molecule has 0 aromatic heterocycles. The molecule has 27 heavy (non-hydrogen) atoms. The second-order valence-corrected chi connectivity index (χ2v) is 6.70. The second kappa shape index (κ2) is 8.78. The van der Waals surface area contributed by atoms with Gasteiger partial charge in [0.2, 0.25) is 0 Å². The number of halogens is 1. The lowest BCUT2D eigenvalue weighted by Crippen LogP contribution is -2.38. The molecule has 1 N–H and O–H groups in total. The molecule has 0 radical (unpaired) electrons. The van der Waals surface area contributed by atoms with Crippen LogP contribution in [0.3, 0.4) is 0 Å². The van der Waals surface area contributed by atoms with Gasteiger partial charge in [-0.1, -0.05) is 54.1 Å². The zero-order valence-corrected chi connectivity index (χ0v) is 16.1. The third-order valence-electron chi connectivity index (χ3n) is 4.24. The SMILES string of the molecule is Cc1ccc(OCCNC(=O)C(C)Oc2cccc3ccccc23)cc1Cl. The molecule has 3 rings (SSSR count). The van der Waals surface area contributed by atoms with E-state index in [1.165, 1.54) is 0 Å². The Morgan fingerprint density at radius 1 is 1.11 bits per heavy atom. The molecule has 0 spiro atoms. The van der Waals surface area contributed by atoms with E-state index in [4.69, 9.17) is 21.1 Å². The van der Waals surface area contributed by atoms with Crippen molar-refractivity contribution in [3.05, 3.63) is 71.2 Å². The number of hydrogen-bond donors (Lipinski definition) is 1. The van der Waals surface area contributed by atoms with Gasteiger partial charge in [0, 0.05) is 10.4 Å². The van der Waals surface area contributed by atoms with Crippen molar-refractivity contribution in [2.45, 2.75) is 20.0 Å². The molecule has 140 valence electrons. The summed E-state index contributed by atoms with van der Waals surface area (Å²) in [5, 5.41) is 5.55. The van der Waals surface area contributed by atoms with Crippen LogP contribution in [0.5, 0.6) is 11.5 Å². The molecule has 0 saturated carbocycles. The number of fused-ring (bicyclic) bond motifs is 1. The van der Waals surface area contributed by atoms with Gasteiger partial charge < -0.3 is 14.8 Å². The molecule has 0 bridgehead atoms. The fraction of sp³-hybridized carbons (Fsp3) is 0.227. The average Bonchev–Trinajstić information content (AvgIpc) is 2.68. The van der Waals surface area contributed by atoms with Crippen LogP contribution < -0.4 is 14.8 Å². The smallest absolute Gasteiger partial charge is 0.260 e. The number of amides is 1. The molecular formula is C22H22ClNO3. The Bertz CT molecular complexity index is 936. The predicted octanol–water partition coefficient (Wildman–Crippen LogP) is 4.76. The average molecular weight is 384 g/mol. The van der Waals surface area contributed by atoms with Crippen molar-refractivity contribution in [2.24, 2.45) is 0 Å². The van der Waals surface area contributed by atoms with Gasteiger partial charge in [-0.05, 0) is 43.0 Å². The minimum Gasteiger partial charge on any atom is -0.492 e. The van der Waals surface area contributed by atoms with Gasteiger partial charge in [0.15, 0.2) is 6.10 Å². The number of carbonyl (C=O) groups excluding carboxylic acids is 1. The maximum atomic E-state index is 12.3. The first-order valence-corrected chi connectivity index (χ1v) is 9.23. The summed E-state index contributed by atoms with van der Waals surface area (Å²) in [5.74, 6) is 1.19. The van der Waals surface area contributed by atoms with E-state index in [0.29, 0.717) is 29.7 Å². The molecular weight excluding hydrogens is 362 g/mol. The number of aryl methyl sites for hydroxylation is 1. The zero-order valence-electron chi connectivity index (χ0n) is 15.4. The molecule has 0 aliphatic carbocycles. The maximum absolute atomic E-state index is 12.3. The van der Waals surface area contributed by atoms with Gasteiger partial charge in [0.05, 0.1) is 6.54 Å². The highest BCUT2D eigenvalue weighted by Crippen LogP contribution is 2.26. The molecule has 3 aromatic rings. The summed E-state index contributed by atoms with van der Waals surface area (Å²) in [6, 6.07) is 19.3. The van der Waals surface area contributed by atoms with Crippen molar-refractivity contribution in [2.75, 3.05) is 13.2 Å². The summed E-state index contributed by atoms with van der Waals surface area (Å²) < 4.78 is 11.5. The minimum absolute atomic E-state index is 0.187. The molecule has 0 aliphatic heterocycles. The standard InChI is InChI=1S/C22H22ClNO3/c1-15-10-11-18(14-20(15)23)26-13-12-24-22(25)16(2)27-21-9-5-7-17-6-3-4-8-19(17)21/h3-11,14,16H,12-13H2,1-2H3,(H,24,25). The van der Waals surface area contributed by atoms with Crippen LogP contribution in [0.1, 0.15) is 12.5 Å². The lowest BCUT2D eigenvalue weighted by Gasteiger charge is -2.16. The lowest BCUT2D eigenvalue weighted by molar-refractivity contribution is -0.127. The van der Waals surface area contributed by atoms with Gasteiger partial charge in [0.25, 0.3) is 5.91 Å². The largest absolute Gasteiger partial charge is 0.492 e. The van der Waals surface area contributed by atoms with E-state index in [0.717, 1.165) is 16.3 Å². The monoisotopic (exact) mass is 383 g/mol. The molecule has 1 atom stereocenters. The van der Waals surface area contributed by atoms with Crippen LogP contribution in [0, 0.1) is 6.92 Å². The van der Waals surface area contributed by atoms with Crippen molar-refractivity contribution in [3.8, 4) is 11.5 Å². The number of carbonyl (C=O) groups is 1. The Morgan fingerprint density at radius 2 is 1.89 bits per heavy atom. The maximum Gasteiger partial charge on any atom is 0.260 e. The highest BCUT2D eigenvalue weighted by Gasteiger charge is 2.15. The Balaban J connectivity index is 1.49. The van der Waals surface area contributed by atoms with Crippen LogP contribution >= 0.6 is 11.6 Å². The molecule has 0 heterocycles. The molecule has 0 fully saturated rings. The number of nitrogens with one attached hydrogen (secondary N) is 1. The third kappa shape index (κ3) is 4.92. The van der Waals surface area contributed by atoms with E-state index in [1.807, 2.05) is 61.5 Å². The number of hydrogen-bond acceptors (Lipinski definition) is 3. The molecule has 1 unspecified atom stereocenters. The van der Waals surface area contributed by atoms with Crippen LogP contribution in [0.4, 0.5) is 0 Å². The molecule has 0 aliphatic rings. The summed E-state index contributed by atoms with van der Waals surface area (Å²) in [6.07, 6.45) is -0.607. The van der Waals surface area contributed by atoms with E-state index < -0.39 is 6.10 Å². The second-order valence-electron chi connectivity index (χ2n) is 6.29. The molecule has 4 nitrogen and oxygen atoms in total. The number of rotatable bonds is 7. The van der Waals surface area contributed by atoms with Crippen LogP contribution in [-0.4, -0.2) is 25.2 Å². The Hall–Kier alpha value is -2.72. The highest BCUT2D eigenvalue weighted by atomic mass is 35.5. The van der Waals surface area contributed by atoms with Crippen molar-refractivity contribution in [3.63, 3.8) is 0 Å². The first kappa shape index (κ1) is 19.1. The highest BCUT2D eigenvalue weighted by molar-refractivity contribution is 6.31. The Morgan fingerprint density at radius 3 is 2.70 bits per heavy atom. The van der Waals surface area contributed by atoms with Crippen molar-refractivity contribution in [1.29, 1.82) is 0 Å². The van der Waals surface area contributed by atoms with Gasteiger partial charge in [-0.3, -0.25) is 4.79 Å². The summed E-state index contributed by atoms with van der Waals surface area (Å²) in [7, 11) is 0. The minimum atomic E-state index is -0.607. The molecule has 5 heteroatoms. The van der Waals surface area contributed by atoms with Gasteiger partial charge in [-0.15, -0.1) is 0 Å². The van der Waals surface area contributed by atoms with Crippen LogP contribution in [-0.2, 0) is 4.79 Å². The predicted molar refractivity (Wildman–Crippen MR) is 109 cm³/mol. The van der Waals surface area contributed by atoms with Gasteiger partial charge >= 0.3 is 0 Å². The first-order chi connectivity index (χ1) is 13.0. The van der Waals surface area contributed by atoms with Crippen LogP contribution in [0.25, 0.3) is 10.8 Å². The number of ether oxygens (including phenoxy) is 2. The molecule has 0 saturated heterocycles. The Labute approximate surface area is 164 Å². The summed E-state index contributed by atoms with van der Waals surface area (Å²) in [5.41, 5.74) is 0.997. The van der Waals surface area contributed by atoms with E-state index in [-0.39, 0.29) is 5.91 Å². The van der Waals surface area contributed by atoms with Gasteiger partial charge in [0.1, 0.15) is 18.1 Å². The van der Waals surface area contributed by atoms with Gasteiger partial charge in [-0.2, -0.15) is 0 Å². The zero-order chi connectivity index (χ0) is 19.2. The van der Waals surface area contributed by atoms with Crippen molar-refractivity contribution >= 4 is 28.3 Å². The topological polar surface area (TPSA) is 47.6 Å². The summed E-state index contributed by atoms with van der Waals surface area (Å²) >= 11 is 6.07. The van der Waals surface area contributed by atoms with E-state index in [1.54, 1.807) is 13.0 Å². The third-order valence-corrected chi connectivity index (χ3v) is 4.64. The normalized spacial score (nSPS) is 11.8. The summed E-state index contributed by atoms with van der Waals surface area (Å²) in [6.45, 7) is 4.40. The lowest BCUT2D eigenvalue weighted by atomic mass is 10.1. The van der Waals surface area contributed by atoms with Crippen molar-refractivity contribution < 1.29 is 14.3 Å². The van der Waals surface area contributed by atoms with E-state index in [9.17, 15) is 4.79 Å². The Kier molecular flexibility index (Phi) is 6.20. The fourth-order valence-corrected chi connectivity index (χ4v) is 2.86. The van der Waals surface area contributed by atoms with Crippen LogP contribution in [0.15, 0.2) is 60.7 Å². The van der Waals surface area contributed by atoms with E-state index >= 15 is 0 Å². The van der Waals surface area contributed by atoms with Crippen LogP contribution in [0.2, 0.25) is 5.02 Å². The van der Waals surface area contributed by atoms with E-state index in [2.05, 4.69) is 5.32 Å². The quantitative estimate of drug-likeness (QED) is 0.598. The first-order valence-electron chi connectivity index (χ1n) is 8.85. The number of benzene rings is 3. The molecule has 3 aromatic carbocycles. The summed E-state index contributed by atoms with van der Waals surface area (Å²) in [4.78, 5) is 12.3. The fourth-order valence-electron chi connectivity index (χ4n) is 2.69. The van der Waals surface area contributed by atoms with Crippen molar-refractivity contribution in [1.82, 2.24) is 5.32 Å².